The summed E-state index contributed by atoms with van der Waals surface area (Å²) < 4.78 is 0. The number of benzene rings is 5. The fourth-order valence-electron chi connectivity index (χ4n) is 4.60. The Labute approximate surface area is 176 Å². The largest absolute Gasteiger partial charge is 0.508 e. The van der Waals surface area contributed by atoms with Crippen LogP contribution in [0.3, 0.4) is 0 Å². The van der Waals surface area contributed by atoms with Crippen LogP contribution in [0.25, 0.3) is 32.3 Å². The maximum Gasteiger partial charge on any atom is 0.116 e. The Balaban J connectivity index is 0.000000149. The monoisotopic (exact) mass is 391 g/mol. The molecule has 0 radical (unpaired) electrons. The molecule has 5 aromatic rings. The molecule has 2 heteroatoms. The third-order valence-electron chi connectivity index (χ3n) is 6.11. The van der Waals surface area contributed by atoms with Crippen LogP contribution in [0, 0.1) is 0 Å². The van der Waals surface area contributed by atoms with Crippen LogP contribution in [0.2, 0.25) is 0 Å². The molecule has 1 aliphatic rings. The first kappa shape index (κ1) is 18.5. The summed E-state index contributed by atoms with van der Waals surface area (Å²) in [4.78, 5) is 0. The van der Waals surface area contributed by atoms with Gasteiger partial charge in [-0.1, -0.05) is 60.7 Å². The summed E-state index contributed by atoms with van der Waals surface area (Å²) in [6.07, 6.45) is 5.13. The molecule has 0 bridgehead atoms. The zero-order valence-electron chi connectivity index (χ0n) is 16.9. The lowest BCUT2D eigenvalue weighted by atomic mass is 9.86. The molecular formula is C28H25NO. The highest BCUT2D eigenvalue weighted by Gasteiger charge is 2.13. The molecule has 0 saturated carbocycles. The Morgan fingerprint density at radius 2 is 1.33 bits per heavy atom. The zero-order valence-corrected chi connectivity index (χ0v) is 16.9. The van der Waals surface area contributed by atoms with Crippen molar-refractivity contribution in [1.82, 2.24) is 0 Å². The highest BCUT2D eigenvalue weighted by atomic mass is 16.3. The summed E-state index contributed by atoms with van der Waals surface area (Å²) in [5, 5.41) is 16.7. The van der Waals surface area contributed by atoms with E-state index in [-0.39, 0.29) is 0 Å². The maximum atomic E-state index is 9.13. The smallest absolute Gasteiger partial charge is 0.116 e. The Morgan fingerprint density at radius 1 is 0.600 bits per heavy atom. The van der Waals surface area contributed by atoms with Gasteiger partial charge in [0, 0.05) is 5.69 Å². The van der Waals surface area contributed by atoms with Crippen molar-refractivity contribution >= 4 is 38.0 Å². The second kappa shape index (κ2) is 7.72. The van der Waals surface area contributed by atoms with Gasteiger partial charge in [0.2, 0.25) is 0 Å². The molecule has 5 aromatic carbocycles. The standard InChI is InChI=1S/C18H17N.C10H8O/c19-14-7-10-16-13(11-14)6-9-17-15-4-2-1-3-12(15)5-8-18(16)17;11-10-6-5-8-3-1-2-4-9(8)7-10/h5-11H,1-4,19H2;1-7,11H. The Bertz CT molecular complexity index is 1370. The molecule has 0 unspecified atom stereocenters. The molecule has 6 rings (SSSR count). The lowest BCUT2D eigenvalue weighted by Gasteiger charge is -2.18. The fraction of sp³-hybridized carbons (Fsp3) is 0.143. The van der Waals surface area contributed by atoms with Crippen LogP contribution in [0.15, 0.2) is 84.9 Å². The number of anilines is 1. The molecule has 0 fully saturated rings. The lowest BCUT2D eigenvalue weighted by molar-refractivity contribution is 0.476. The average Bonchev–Trinajstić information content (AvgIpc) is 2.78. The number of phenols is 1. The highest BCUT2D eigenvalue weighted by molar-refractivity contribution is 6.09. The highest BCUT2D eigenvalue weighted by Crippen LogP contribution is 2.33. The van der Waals surface area contributed by atoms with E-state index in [1.165, 1.54) is 47.2 Å². The van der Waals surface area contributed by atoms with Crippen LogP contribution >= 0.6 is 0 Å². The van der Waals surface area contributed by atoms with Crippen LogP contribution in [0.4, 0.5) is 5.69 Å². The molecule has 0 amide bonds. The van der Waals surface area contributed by atoms with Crippen LogP contribution in [0.5, 0.6) is 5.75 Å². The van der Waals surface area contributed by atoms with E-state index in [1.54, 1.807) is 23.3 Å². The van der Waals surface area contributed by atoms with Crippen LogP contribution < -0.4 is 5.73 Å². The Morgan fingerprint density at radius 3 is 2.23 bits per heavy atom. The molecule has 0 saturated heterocycles. The van der Waals surface area contributed by atoms with Crippen molar-refractivity contribution in [1.29, 1.82) is 0 Å². The second-order valence-corrected chi connectivity index (χ2v) is 8.08. The fourth-order valence-corrected chi connectivity index (χ4v) is 4.60. The number of nitrogens with two attached hydrogens (primary N) is 1. The molecule has 30 heavy (non-hydrogen) atoms. The van der Waals surface area contributed by atoms with E-state index in [1.807, 2.05) is 36.4 Å². The molecule has 0 aromatic heterocycles. The van der Waals surface area contributed by atoms with Crippen molar-refractivity contribution in [2.75, 3.05) is 5.73 Å². The summed E-state index contributed by atoms with van der Waals surface area (Å²) >= 11 is 0. The van der Waals surface area contributed by atoms with Crippen LogP contribution in [-0.2, 0) is 12.8 Å². The number of hydrogen-bond acceptors (Lipinski definition) is 2. The molecule has 148 valence electrons. The molecular weight excluding hydrogens is 366 g/mol. The molecule has 0 atom stereocenters. The van der Waals surface area contributed by atoms with Crippen molar-refractivity contribution in [3.8, 4) is 5.75 Å². The van der Waals surface area contributed by atoms with Gasteiger partial charge in [-0.25, -0.2) is 0 Å². The number of rotatable bonds is 0. The first-order valence-corrected chi connectivity index (χ1v) is 10.6. The minimum atomic E-state index is 0.323. The first-order chi connectivity index (χ1) is 14.7. The molecule has 0 heterocycles. The van der Waals surface area contributed by atoms with E-state index in [2.05, 4.69) is 36.4 Å². The Hall–Kier alpha value is -3.52. The van der Waals surface area contributed by atoms with Gasteiger partial charge >= 0.3 is 0 Å². The third kappa shape index (κ3) is 3.46. The number of aryl methyl sites for hydroxylation is 2. The maximum absolute atomic E-state index is 9.13. The van der Waals surface area contributed by atoms with Gasteiger partial charge in [-0.05, 0) is 93.4 Å². The van der Waals surface area contributed by atoms with Gasteiger partial charge in [-0.2, -0.15) is 0 Å². The van der Waals surface area contributed by atoms with Gasteiger partial charge in [0.15, 0.2) is 0 Å². The van der Waals surface area contributed by atoms with Crippen molar-refractivity contribution in [2.24, 2.45) is 0 Å². The van der Waals surface area contributed by atoms with Crippen molar-refractivity contribution < 1.29 is 5.11 Å². The summed E-state index contributed by atoms with van der Waals surface area (Å²) in [7, 11) is 0. The predicted molar refractivity (Wildman–Crippen MR) is 128 cm³/mol. The number of nitrogen functional groups attached to an aromatic ring is 1. The summed E-state index contributed by atoms with van der Waals surface area (Å²) in [5.41, 5.74) is 9.84. The molecule has 0 spiro atoms. The van der Waals surface area contributed by atoms with Gasteiger partial charge in [0.1, 0.15) is 5.75 Å². The molecule has 3 N–H and O–H groups in total. The van der Waals surface area contributed by atoms with E-state index < -0.39 is 0 Å². The summed E-state index contributed by atoms with van der Waals surface area (Å²) in [5.74, 6) is 0.323. The van der Waals surface area contributed by atoms with Gasteiger partial charge in [0.25, 0.3) is 0 Å². The van der Waals surface area contributed by atoms with Crippen LogP contribution in [-0.4, -0.2) is 5.11 Å². The van der Waals surface area contributed by atoms with Gasteiger partial charge < -0.3 is 10.8 Å². The van der Waals surface area contributed by atoms with Gasteiger partial charge in [-0.15, -0.1) is 0 Å². The topological polar surface area (TPSA) is 46.2 Å². The van der Waals surface area contributed by atoms with Crippen LogP contribution in [0.1, 0.15) is 24.0 Å². The first-order valence-electron chi connectivity index (χ1n) is 10.6. The quantitative estimate of drug-likeness (QED) is 0.220. The second-order valence-electron chi connectivity index (χ2n) is 8.08. The number of aromatic hydroxyl groups is 1. The normalized spacial score (nSPS) is 13.1. The summed E-state index contributed by atoms with van der Waals surface area (Å²) in [6, 6.07) is 28.6. The van der Waals surface area contributed by atoms with E-state index in [0.717, 1.165) is 16.5 Å². The average molecular weight is 392 g/mol. The lowest BCUT2D eigenvalue weighted by Crippen LogP contribution is -2.03. The predicted octanol–water partition coefficient (Wildman–Crippen LogP) is 7.00. The van der Waals surface area contributed by atoms with Gasteiger partial charge in [-0.3, -0.25) is 0 Å². The van der Waals surface area contributed by atoms with Crippen molar-refractivity contribution in [3.63, 3.8) is 0 Å². The van der Waals surface area contributed by atoms with E-state index in [0.29, 0.717) is 5.75 Å². The van der Waals surface area contributed by atoms with E-state index in [4.69, 9.17) is 10.8 Å². The number of phenolic OH excluding ortho intramolecular Hbond substituents is 1. The minimum Gasteiger partial charge on any atom is -0.508 e. The van der Waals surface area contributed by atoms with Crippen molar-refractivity contribution in [2.45, 2.75) is 25.7 Å². The molecule has 0 aliphatic heterocycles. The molecule has 2 nitrogen and oxygen atoms in total. The Kier molecular flexibility index (Phi) is 4.76. The van der Waals surface area contributed by atoms with E-state index in [9.17, 15) is 0 Å². The SMILES string of the molecule is Nc1ccc2c(ccc3c4c(ccc32)CCCC4)c1.Oc1ccc2ccccc2c1. The number of fused-ring (bicyclic) bond motifs is 6. The van der Waals surface area contributed by atoms with Crippen molar-refractivity contribution in [3.05, 3.63) is 96.1 Å². The van der Waals surface area contributed by atoms with E-state index >= 15 is 0 Å². The summed E-state index contributed by atoms with van der Waals surface area (Å²) in [6.45, 7) is 0. The molecule has 1 aliphatic carbocycles. The zero-order chi connectivity index (χ0) is 20.5. The minimum absolute atomic E-state index is 0.323. The number of hydrogen-bond donors (Lipinski definition) is 2. The van der Waals surface area contributed by atoms with Gasteiger partial charge in [0.05, 0.1) is 0 Å². The third-order valence-corrected chi connectivity index (χ3v) is 6.11.